The molecule has 0 unspecified atom stereocenters. The number of rotatable bonds is 11. The van der Waals surface area contributed by atoms with Crippen molar-refractivity contribution in [2.75, 3.05) is 13.1 Å². The Balaban J connectivity index is 2.29. The molecule has 0 saturated carbocycles. The lowest BCUT2D eigenvalue weighted by Gasteiger charge is -2.36. The van der Waals surface area contributed by atoms with Crippen LogP contribution in [0, 0.1) is 11.6 Å². The van der Waals surface area contributed by atoms with Crippen LogP contribution in [-0.4, -0.2) is 47.4 Å². The number of nitrogens with zero attached hydrogens (tertiary/aromatic N) is 4. The number of benzene rings is 1. The first kappa shape index (κ1) is 24.7. The van der Waals surface area contributed by atoms with E-state index in [9.17, 15) is 13.9 Å². The summed E-state index contributed by atoms with van der Waals surface area (Å²) in [5, 5.41) is 15.2. The summed E-state index contributed by atoms with van der Waals surface area (Å²) < 4.78 is 30.3. The van der Waals surface area contributed by atoms with Crippen molar-refractivity contribution in [2.45, 2.75) is 63.9 Å². The van der Waals surface area contributed by atoms with Crippen LogP contribution >= 0.6 is 24.0 Å². The summed E-state index contributed by atoms with van der Waals surface area (Å²) in [7, 11) is 0. The summed E-state index contributed by atoms with van der Waals surface area (Å²) in [6, 6.07) is 3.22. The van der Waals surface area contributed by atoms with Crippen LogP contribution in [0.3, 0.4) is 0 Å². The second kappa shape index (κ2) is 11.7. The van der Waals surface area contributed by atoms with E-state index in [1.807, 2.05) is 0 Å². The number of hydrogen-bond acceptors (Lipinski definition) is 5. The topological polar surface area (TPSA) is 54.2 Å². The Hall–Kier alpha value is -1.58. The third kappa shape index (κ3) is 6.46. The monoisotopic (exact) mass is 456 g/mol. The minimum absolute atomic E-state index is 0.0101. The first-order valence-electron chi connectivity index (χ1n) is 10.3. The zero-order valence-corrected chi connectivity index (χ0v) is 19.4. The number of thiocarbonyl (C=S) groups is 1. The molecule has 2 aromatic rings. The van der Waals surface area contributed by atoms with Crippen LogP contribution in [0.1, 0.15) is 52.0 Å². The molecule has 0 bridgehead atoms. The summed E-state index contributed by atoms with van der Waals surface area (Å²) >= 11 is 7.02. The molecule has 30 heavy (non-hydrogen) atoms. The second-order valence-electron chi connectivity index (χ2n) is 7.36. The van der Waals surface area contributed by atoms with Gasteiger partial charge >= 0.3 is 0 Å². The smallest absolute Gasteiger partial charge is 0.137 e. The molecule has 1 aromatic heterocycles. The fourth-order valence-corrected chi connectivity index (χ4v) is 4.80. The van der Waals surface area contributed by atoms with Crippen molar-refractivity contribution in [2.24, 2.45) is 0 Å². The molecule has 166 valence electrons. The van der Waals surface area contributed by atoms with Crippen molar-refractivity contribution in [3.8, 4) is 0 Å². The normalized spacial score (nSPS) is 14.3. The Labute approximate surface area is 186 Å². The predicted molar refractivity (Wildman–Crippen MR) is 121 cm³/mol. The lowest BCUT2D eigenvalue weighted by molar-refractivity contribution is 0.0135. The van der Waals surface area contributed by atoms with Gasteiger partial charge in [-0.2, -0.15) is 5.10 Å². The molecular formula is C21H30F2N4OS2. The Morgan fingerprint density at radius 1 is 1.27 bits per heavy atom. The van der Waals surface area contributed by atoms with E-state index in [1.54, 1.807) is 6.92 Å². The molecule has 0 amide bonds. The first-order valence-corrected chi connectivity index (χ1v) is 11.6. The molecule has 0 radical (unpaired) electrons. The van der Waals surface area contributed by atoms with Gasteiger partial charge in [0.05, 0.1) is 6.54 Å². The number of aliphatic hydroxyl groups is 1. The van der Waals surface area contributed by atoms with Crippen molar-refractivity contribution in [1.29, 1.82) is 0 Å². The molecule has 2 atom stereocenters. The van der Waals surface area contributed by atoms with Crippen LogP contribution in [0.25, 0.3) is 0 Å². The molecule has 0 saturated heterocycles. The van der Waals surface area contributed by atoms with Gasteiger partial charge in [0.15, 0.2) is 0 Å². The minimum atomic E-state index is -1.67. The van der Waals surface area contributed by atoms with Crippen LogP contribution < -0.4 is 0 Å². The van der Waals surface area contributed by atoms with E-state index in [4.69, 9.17) is 12.2 Å². The standard InChI is InChI=1S/C21H30F2N4OS2/c1-4-6-10-26(11-7-5-2)20(29)30-16(3)21(28,13-27-15-24-14-25-27)18-9-8-17(22)12-19(18)23/h8-9,12,14-16,28H,4-7,10-11,13H2,1-3H3/t16-,21-/m1/s1. The Morgan fingerprint density at radius 2 is 1.93 bits per heavy atom. The molecule has 1 heterocycles. The predicted octanol–water partition coefficient (Wildman–Crippen LogP) is 4.75. The van der Waals surface area contributed by atoms with Gasteiger partial charge in [-0.25, -0.2) is 18.4 Å². The van der Waals surface area contributed by atoms with Crippen molar-refractivity contribution in [3.05, 3.63) is 48.1 Å². The summed E-state index contributed by atoms with van der Waals surface area (Å²) in [5.74, 6) is -1.50. The maximum Gasteiger partial charge on any atom is 0.137 e. The molecule has 0 aliphatic rings. The van der Waals surface area contributed by atoms with Crippen LogP contribution in [0.2, 0.25) is 0 Å². The van der Waals surface area contributed by atoms with Gasteiger partial charge in [0.1, 0.15) is 34.2 Å². The van der Waals surface area contributed by atoms with Crippen molar-refractivity contribution in [3.63, 3.8) is 0 Å². The number of unbranched alkanes of at least 4 members (excludes halogenated alkanes) is 2. The highest BCUT2D eigenvalue weighted by Gasteiger charge is 2.40. The van der Waals surface area contributed by atoms with E-state index in [0.29, 0.717) is 4.32 Å². The molecule has 1 aromatic carbocycles. The van der Waals surface area contributed by atoms with E-state index in [2.05, 4.69) is 28.8 Å². The molecule has 0 fully saturated rings. The highest BCUT2D eigenvalue weighted by atomic mass is 32.2. The minimum Gasteiger partial charge on any atom is -0.382 e. The lowest BCUT2D eigenvalue weighted by Crippen LogP contribution is -2.43. The van der Waals surface area contributed by atoms with Crippen LogP contribution in [0.4, 0.5) is 8.78 Å². The van der Waals surface area contributed by atoms with Gasteiger partial charge in [0.2, 0.25) is 0 Å². The van der Waals surface area contributed by atoms with Crippen LogP contribution in [0.5, 0.6) is 0 Å². The number of aromatic nitrogens is 3. The summed E-state index contributed by atoms with van der Waals surface area (Å²) in [4.78, 5) is 6.05. The molecule has 0 aliphatic carbocycles. The summed E-state index contributed by atoms with van der Waals surface area (Å²) in [5.41, 5.74) is -1.66. The largest absolute Gasteiger partial charge is 0.382 e. The second-order valence-corrected chi connectivity index (χ2v) is 9.34. The molecule has 2 rings (SSSR count). The van der Waals surface area contributed by atoms with Crippen molar-refractivity contribution < 1.29 is 13.9 Å². The van der Waals surface area contributed by atoms with E-state index >= 15 is 0 Å². The maximum atomic E-state index is 14.7. The number of thioether (sulfide) groups is 1. The zero-order chi connectivity index (χ0) is 22.1. The van der Waals surface area contributed by atoms with Gasteiger partial charge in [-0.15, -0.1) is 0 Å². The fourth-order valence-electron chi connectivity index (χ4n) is 3.15. The average Bonchev–Trinajstić information content (AvgIpc) is 3.20. The SMILES string of the molecule is CCCCN(CCCC)C(=S)S[C@H](C)[C@](O)(Cn1cncn1)c1ccc(F)cc1F. The van der Waals surface area contributed by atoms with Gasteiger partial charge in [0, 0.05) is 30.0 Å². The lowest BCUT2D eigenvalue weighted by atomic mass is 9.90. The molecule has 9 heteroatoms. The highest BCUT2D eigenvalue weighted by molar-refractivity contribution is 8.23. The number of hydrogen-bond donors (Lipinski definition) is 1. The Kier molecular flexibility index (Phi) is 9.64. The van der Waals surface area contributed by atoms with Gasteiger partial charge < -0.3 is 10.0 Å². The zero-order valence-electron chi connectivity index (χ0n) is 17.7. The van der Waals surface area contributed by atoms with E-state index in [1.165, 1.54) is 35.2 Å². The Bertz CT molecular complexity index is 798. The average molecular weight is 457 g/mol. The molecule has 0 spiro atoms. The van der Waals surface area contributed by atoms with Crippen LogP contribution in [0.15, 0.2) is 30.9 Å². The highest BCUT2D eigenvalue weighted by Crippen LogP contribution is 2.37. The van der Waals surface area contributed by atoms with E-state index in [0.717, 1.165) is 50.9 Å². The van der Waals surface area contributed by atoms with Crippen LogP contribution in [-0.2, 0) is 12.1 Å². The quantitative estimate of drug-likeness (QED) is 0.493. The van der Waals surface area contributed by atoms with Gasteiger partial charge in [-0.3, -0.25) is 0 Å². The summed E-state index contributed by atoms with van der Waals surface area (Å²) in [6.45, 7) is 7.73. The van der Waals surface area contributed by atoms with E-state index in [-0.39, 0.29) is 12.1 Å². The van der Waals surface area contributed by atoms with Gasteiger partial charge in [0.25, 0.3) is 0 Å². The summed E-state index contributed by atoms with van der Waals surface area (Å²) in [6.07, 6.45) is 6.96. The van der Waals surface area contributed by atoms with Gasteiger partial charge in [-0.1, -0.05) is 56.7 Å². The number of halogens is 2. The molecule has 1 N–H and O–H groups in total. The third-order valence-electron chi connectivity index (χ3n) is 5.04. The molecular weight excluding hydrogens is 426 g/mol. The molecule has 5 nitrogen and oxygen atoms in total. The van der Waals surface area contributed by atoms with Gasteiger partial charge in [-0.05, 0) is 25.8 Å². The molecule has 0 aliphatic heterocycles. The first-order chi connectivity index (χ1) is 14.3. The van der Waals surface area contributed by atoms with Crippen molar-refractivity contribution >= 4 is 28.3 Å². The Morgan fingerprint density at radius 3 is 2.47 bits per heavy atom. The fraction of sp³-hybridized carbons (Fsp3) is 0.571. The maximum absolute atomic E-state index is 14.7. The van der Waals surface area contributed by atoms with E-state index < -0.39 is 22.5 Å². The third-order valence-corrected chi connectivity index (χ3v) is 6.79. The van der Waals surface area contributed by atoms with Crippen molar-refractivity contribution in [1.82, 2.24) is 19.7 Å².